The van der Waals surface area contributed by atoms with Crippen LogP contribution in [-0.2, 0) is 4.74 Å². The van der Waals surface area contributed by atoms with Gasteiger partial charge in [0.15, 0.2) is 0 Å². The molecule has 1 atom stereocenters. The lowest BCUT2D eigenvalue weighted by molar-refractivity contribution is 0.0237. The first-order chi connectivity index (χ1) is 12.4. The van der Waals surface area contributed by atoms with Crippen molar-refractivity contribution in [3.8, 4) is 11.6 Å². The van der Waals surface area contributed by atoms with Gasteiger partial charge >= 0.3 is 0 Å². The molecule has 2 aromatic rings. The van der Waals surface area contributed by atoms with Crippen LogP contribution in [0.5, 0.6) is 11.6 Å². The van der Waals surface area contributed by atoms with Gasteiger partial charge in [-0.1, -0.05) is 0 Å². The van der Waals surface area contributed by atoms with Gasteiger partial charge in [-0.3, -0.25) is 14.9 Å². The van der Waals surface area contributed by atoms with Crippen molar-refractivity contribution >= 4 is 0 Å². The summed E-state index contributed by atoms with van der Waals surface area (Å²) < 4.78 is 11.3. The van der Waals surface area contributed by atoms with Crippen molar-refractivity contribution < 1.29 is 9.47 Å². The monoisotopic (exact) mass is 340 g/mol. The number of rotatable bonds is 4. The molecule has 4 heterocycles. The fourth-order valence-electron chi connectivity index (χ4n) is 3.77. The maximum Gasteiger partial charge on any atom is 0.238 e. The third-order valence-corrected chi connectivity index (χ3v) is 5.07. The average molecular weight is 340 g/mol. The molecule has 0 bridgehead atoms. The van der Waals surface area contributed by atoms with Gasteiger partial charge in [0.1, 0.15) is 5.75 Å². The lowest BCUT2D eigenvalue weighted by atomic mass is 9.92. The van der Waals surface area contributed by atoms with Gasteiger partial charge in [-0.15, -0.1) is 0 Å². The summed E-state index contributed by atoms with van der Waals surface area (Å²) in [7, 11) is 0. The third kappa shape index (κ3) is 4.14. The largest absolute Gasteiger partial charge is 0.436 e. The Kier molecular flexibility index (Phi) is 5.18. The predicted molar refractivity (Wildman–Crippen MR) is 93.7 cm³/mol. The van der Waals surface area contributed by atoms with E-state index in [1.165, 1.54) is 13.0 Å². The molecule has 132 valence electrons. The van der Waals surface area contributed by atoms with E-state index in [4.69, 9.17) is 14.5 Å². The fraction of sp³-hybridized carbons (Fsp3) is 0.526. The number of nitrogens with zero attached hydrogens (tertiary/aromatic N) is 4. The van der Waals surface area contributed by atoms with Crippen molar-refractivity contribution in [2.24, 2.45) is 0 Å². The van der Waals surface area contributed by atoms with Crippen molar-refractivity contribution in [1.82, 2.24) is 19.9 Å². The predicted octanol–water partition coefficient (Wildman–Crippen LogP) is 3.02. The van der Waals surface area contributed by atoms with Crippen LogP contribution in [0.1, 0.15) is 37.3 Å². The standard InChI is InChI=1S/C19H24N4O2/c1-4-17(11-20-7-1)25-19-13-21-12-18(22-19)15-3-2-8-23(14-15)16-5-9-24-10-6-16/h1,4,7,11-13,15-16H,2-3,5-6,8-10,14H2/t15-/m0/s1. The summed E-state index contributed by atoms with van der Waals surface area (Å²) in [5, 5.41) is 0. The Bertz CT molecular complexity index is 676. The van der Waals surface area contributed by atoms with Crippen LogP contribution in [0.4, 0.5) is 0 Å². The van der Waals surface area contributed by atoms with E-state index in [1.807, 2.05) is 18.3 Å². The molecule has 0 spiro atoms. The third-order valence-electron chi connectivity index (χ3n) is 5.07. The molecular formula is C19H24N4O2. The van der Waals surface area contributed by atoms with Gasteiger partial charge in [-0.05, 0) is 44.4 Å². The van der Waals surface area contributed by atoms with E-state index in [0.29, 0.717) is 23.6 Å². The van der Waals surface area contributed by atoms with Gasteiger partial charge in [0.25, 0.3) is 0 Å². The Morgan fingerprint density at radius 3 is 2.84 bits per heavy atom. The van der Waals surface area contributed by atoms with Gasteiger partial charge < -0.3 is 9.47 Å². The molecule has 2 fully saturated rings. The van der Waals surface area contributed by atoms with Crippen LogP contribution in [-0.4, -0.2) is 52.2 Å². The van der Waals surface area contributed by atoms with Gasteiger partial charge in [-0.2, -0.15) is 0 Å². The van der Waals surface area contributed by atoms with E-state index in [2.05, 4.69) is 14.9 Å². The Morgan fingerprint density at radius 1 is 1.08 bits per heavy atom. The quantitative estimate of drug-likeness (QED) is 0.853. The molecule has 2 aliphatic rings. The van der Waals surface area contributed by atoms with Crippen LogP contribution in [0.2, 0.25) is 0 Å². The summed E-state index contributed by atoms with van der Waals surface area (Å²) in [6, 6.07) is 4.37. The van der Waals surface area contributed by atoms with Crippen LogP contribution in [0.3, 0.4) is 0 Å². The van der Waals surface area contributed by atoms with Gasteiger partial charge in [0, 0.05) is 44.1 Å². The van der Waals surface area contributed by atoms with Crippen LogP contribution < -0.4 is 4.74 Å². The molecule has 2 saturated heterocycles. The minimum Gasteiger partial charge on any atom is -0.436 e. The molecule has 6 heteroatoms. The van der Waals surface area contributed by atoms with Crippen molar-refractivity contribution in [2.45, 2.75) is 37.6 Å². The highest BCUT2D eigenvalue weighted by Gasteiger charge is 2.28. The number of pyridine rings is 1. The molecule has 0 amide bonds. The number of hydrogen-bond donors (Lipinski definition) is 0. The summed E-state index contributed by atoms with van der Waals surface area (Å²) in [6.07, 6.45) is 11.6. The second kappa shape index (κ2) is 7.89. The Balaban J connectivity index is 1.44. The highest BCUT2D eigenvalue weighted by molar-refractivity contribution is 5.23. The highest BCUT2D eigenvalue weighted by Crippen LogP contribution is 2.30. The maximum atomic E-state index is 5.79. The number of aromatic nitrogens is 3. The second-order valence-corrected chi connectivity index (χ2v) is 6.75. The first-order valence-electron chi connectivity index (χ1n) is 9.10. The van der Waals surface area contributed by atoms with Crippen molar-refractivity contribution in [1.29, 1.82) is 0 Å². The minimum absolute atomic E-state index is 0.418. The number of hydrogen-bond acceptors (Lipinski definition) is 6. The molecule has 0 aliphatic carbocycles. The smallest absolute Gasteiger partial charge is 0.238 e. The number of piperidine rings is 1. The highest BCUT2D eigenvalue weighted by atomic mass is 16.5. The average Bonchev–Trinajstić information content (AvgIpc) is 2.70. The summed E-state index contributed by atoms with van der Waals surface area (Å²) in [5.41, 5.74) is 1.03. The summed E-state index contributed by atoms with van der Waals surface area (Å²) >= 11 is 0. The zero-order chi connectivity index (χ0) is 16.9. The minimum atomic E-state index is 0.418. The van der Waals surface area contributed by atoms with E-state index >= 15 is 0 Å². The van der Waals surface area contributed by atoms with E-state index in [-0.39, 0.29) is 0 Å². The first-order valence-corrected chi connectivity index (χ1v) is 9.10. The molecule has 25 heavy (non-hydrogen) atoms. The van der Waals surface area contributed by atoms with E-state index in [1.54, 1.807) is 18.6 Å². The Hall–Kier alpha value is -2.05. The van der Waals surface area contributed by atoms with Crippen molar-refractivity contribution in [2.75, 3.05) is 26.3 Å². The van der Waals surface area contributed by atoms with E-state index in [9.17, 15) is 0 Å². The van der Waals surface area contributed by atoms with Crippen LogP contribution >= 0.6 is 0 Å². The lowest BCUT2D eigenvalue weighted by Crippen LogP contribution is -2.44. The van der Waals surface area contributed by atoms with Crippen LogP contribution in [0, 0.1) is 0 Å². The Morgan fingerprint density at radius 2 is 2.00 bits per heavy atom. The zero-order valence-electron chi connectivity index (χ0n) is 14.4. The fourth-order valence-corrected chi connectivity index (χ4v) is 3.77. The molecule has 0 N–H and O–H groups in total. The normalized spacial score (nSPS) is 22.6. The van der Waals surface area contributed by atoms with Gasteiger partial charge in [0.05, 0.1) is 18.1 Å². The van der Waals surface area contributed by atoms with Crippen LogP contribution in [0.15, 0.2) is 36.9 Å². The van der Waals surface area contributed by atoms with Crippen LogP contribution in [0.25, 0.3) is 0 Å². The molecular weight excluding hydrogens is 316 g/mol. The van der Waals surface area contributed by atoms with Gasteiger partial charge in [-0.25, -0.2) is 4.98 Å². The number of likely N-dealkylation sites (tertiary alicyclic amines) is 1. The topological polar surface area (TPSA) is 60.4 Å². The zero-order valence-corrected chi connectivity index (χ0v) is 14.4. The Labute approximate surface area is 148 Å². The summed E-state index contributed by atoms with van der Waals surface area (Å²) in [6.45, 7) is 4.01. The van der Waals surface area contributed by atoms with Crippen molar-refractivity contribution in [3.05, 3.63) is 42.6 Å². The molecule has 0 saturated carbocycles. The maximum absolute atomic E-state index is 5.79. The van der Waals surface area contributed by atoms with E-state index < -0.39 is 0 Å². The molecule has 0 aromatic carbocycles. The molecule has 0 radical (unpaired) electrons. The van der Waals surface area contributed by atoms with Gasteiger partial charge in [0.2, 0.25) is 5.88 Å². The SMILES string of the molecule is c1cncc(Oc2cncc([C@H]3CCCN(C4CCOCC4)C3)n2)c1. The second-order valence-electron chi connectivity index (χ2n) is 6.75. The summed E-state index contributed by atoms with van der Waals surface area (Å²) in [4.78, 5) is 15.7. The molecule has 0 unspecified atom stereocenters. The first kappa shape index (κ1) is 16.4. The van der Waals surface area contributed by atoms with Crippen molar-refractivity contribution in [3.63, 3.8) is 0 Å². The molecule has 4 rings (SSSR count). The lowest BCUT2D eigenvalue weighted by Gasteiger charge is -2.39. The molecule has 6 nitrogen and oxygen atoms in total. The molecule has 2 aromatic heterocycles. The summed E-state index contributed by atoms with van der Waals surface area (Å²) in [5.74, 6) is 1.64. The van der Waals surface area contributed by atoms with E-state index in [0.717, 1.165) is 44.7 Å². The molecule has 2 aliphatic heterocycles. The number of ether oxygens (including phenoxy) is 2.